The summed E-state index contributed by atoms with van der Waals surface area (Å²) in [6, 6.07) is 5.19. The maximum absolute atomic E-state index is 14.2. The Bertz CT molecular complexity index is 999. The number of nitrogens with zero attached hydrogens (tertiary/aromatic N) is 3. The summed E-state index contributed by atoms with van der Waals surface area (Å²) in [5.74, 6) is -1.44. The van der Waals surface area contributed by atoms with Crippen LogP contribution in [-0.2, 0) is 13.0 Å². The van der Waals surface area contributed by atoms with Crippen molar-refractivity contribution in [1.82, 2.24) is 20.1 Å². The molecule has 1 aliphatic rings. The van der Waals surface area contributed by atoms with Crippen molar-refractivity contribution in [2.75, 3.05) is 6.54 Å². The van der Waals surface area contributed by atoms with Gasteiger partial charge in [0.25, 0.3) is 5.91 Å². The molecule has 0 saturated heterocycles. The van der Waals surface area contributed by atoms with Gasteiger partial charge in [-0.1, -0.05) is 0 Å². The minimum Gasteiger partial charge on any atom is -0.334 e. The number of hydrogen-bond donors (Lipinski definition) is 1. The molecule has 0 bridgehead atoms. The van der Waals surface area contributed by atoms with Crippen LogP contribution in [0.2, 0.25) is 0 Å². The second-order valence-corrected chi connectivity index (χ2v) is 6.38. The van der Waals surface area contributed by atoms with E-state index in [-0.39, 0.29) is 11.5 Å². The number of fused-ring (bicyclic) bond motifs is 1. The molecule has 0 spiro atoms. The molecule has 3 heterocycles. The first kappa shape index (κ1) is 16.4. The SMILES string of the molecule is Cc1cncc(C(=O)N2CCc3[nH]nc(-c4ccc(F)cc4F)c3C2)c1. The van der Waals surface area contributed by atoms with E-state index < -0.39 is 11.6 Å². The van der Waals surface area contributed by atoms with Crippen molar-refractivity contribution in [2.24, 2.45) is 0 Å². The standard InChI is InChI=1S/C19H16F2N4O/c1-11-6-12(9-22-8-11)19(26)25-5-4-17-15(10-25)18(24-23-17)14-3-2-13(20)7-16(14)21/h2-3,6-9H,4-5,10H2,1H3,(H,23,24). The second kappa shape index (κ2) is 6.33. The first-order chi connectivity index (χ1) is 12.5. The third-order valence-corrected chi connectivity index (χ3v) is 4.53. The summed E-state index contributed by atoms with van der Waals surface area (Å²) in [5.41, 5.74) is 3.69. The van der Waals surface area contributed by atoms with Crippen molar-refractivity contribution in [1.29, 1.82) is 0 Å². The van der Waals surface area contributed by atoms with Crippen molar-refractivity contribution < 1.29 is 13.6 Å². The molecular formula is C19H16F2N4O. The first-order valence-corrected chi connectivity index (χ1v) is 8.25. The quantitative estimate of drug-likeness (QED) is 0.768. The molecule has 7 heteroatoms. The Kier molecular flexibility index (Phi) is 3.99. The molecule has 1 amide bonds. The summed E-state index contributed by atoms with van der Waals surface area (Å²) in [4.78, 5) is 18.5. The number of nitrogens with one attached hydrogen (secondary N) is 1. The van der Waals surface area contributed by atoms with Crippen molar-refractivity contribution in [3.8, 4) is 11.3 Å². The Labute approximate surface area is 148 Å². The van der Waals surface area contributed by atoms with Crippen LogP contribution in [0.15, 0.2) is 36.7 Å². The van der Waals surface area contributed by atoms with Crippen LogP contribution in [-0.4, -0.2) is 32.5 Å². The predicted molar refractivity (Wildman–Crippen MR) is 91.4 cm³/mol. The van der Waals surface area contributed by atoms with Gasteiger partial charge in [-0.25, -0.2) is 8.78 Å². The van der Waals surface area contributed by atoms with Crippen LogP contribution >= 0.6 is 0 Å². The average Bonchev–Trinajstić information content (AvgIpc) is 3.04. The van der Waals surface area contributed by atoms with Crippen molar-refractivity contribution in [3.05, 3.63) is 70.7 Å². The van der Waals surface area contributed by atoms with Crippen LogP contribution < -0.4 is 0 Å². The number of aromatic amines is 1. The van der Waals surface area contributed by atoms with E-state index in [1.807, 2.05) is 6.92 Å². The van der Waals surface area contributed by atoms with Gasteiger partial charge in [-0.15, -0.1) is 0 Å². The lowest BCUT2D eigenvalue weighted by Gasteiger charge is -2.27. The van der Waals surface area contributed by atoms with Crippen molar-refractivity contribution in [3.63, 3.8) is 0 Å². The summed E-state index contributed by atoms with van der Waals surface area (Å²) in [7, 11) is 0. The van der Waals surface area contributed by atoms with Gasteiger partial charge in [-0.3, -0.25) is 14.9 Å². The van der Waals surface area contributed by atoms with Gasteiger partial charge in [0, 0.05) is 54.8 Å². The first-order valence-electron chi connectivity index (χ1n) is 8.25. The molecule has 4 rings (SSSR count). The molecule has 0 aliphatic carbocycles. The van der Waals surface area contributed by atoms with Crippen molar-refractivity contribution in [2.45, 2.75) is 19.9 Å². The maximum Gasteiger partial charge on any atom is 0.255 e. The van der Waals surface area contributed by atoms with Gasteiger partial charge in [0.2, 0.25) is 0 Å². The second-order valence-electron chi connectivity index (χ2n) is 6.38. The fourth-order valence-electron chi connectivity index (χ4n) is 3.23. The lowest BCUT2D eigenvalue weighted by molar-refractivity contribution is 0.0734. The Balaban J connectivity index is 1.66. The van der Waals surface area contributed by atoms with Gasteiger partial charge in [0.15, 0.2) is 0 Å². The predicted octanol–water partition coefficient (Wildman–Crippen LogP) is 3.26. The number of aromatic nitrogens is 3. The number of aryl methyl sites for hydroxylation is 1. The zero-order valence-electron chi connectivity index (χ0n) is 14.1. The van der Waals surface area contributed by atoms with E-state index in [9.17, 15) is 13.6 Å². The molecule has 0 atom stereocenters. The summed E-state index contributed by atoms with van der Waals surface area (Å²) in [5, 5.41) is 7.12. The maximum atomic E-state index is 14.2. The van der Waals surface area contributed by atoms with Crippen molar-refractivity contribution >= 4 is 5.91 Å². The zero-order chi connectivity index (χ0) is 18.3. The average molecular weight is 354 g/mol. The monoisotopic (exact) mass is 354 g/mol. The molecule has 3 aromatic rings. The molecule has 0 radical (unpaired) electrons. The number of carbonyl (C=O) groups is 1. The molecule has 26 heavy (non-hydrogen) atoms. The van der Waals surface area contributed by atoms with Crippen LogP contribution in [0.3, 0.4) is 0 Å². The number of rotatable bonds is 2. The normalized spacial score (nSPS) is 13.6. The summed E-state index contributed by atoms with van der Waals surface area (Å²) >= 11 is 0. The van der Waals surface area contributed by atoms with Gasteiger partial charge in [-0.2, -0.15) is 5.10 Å². The van der Waals surface area contributed by atoms with Crippen LogP contribution in [0.5, 0.6) is 0 Å². The highest BCUT2D eigenvalue weighted by Crippen LogP contribution is 2.30. The molecule has 132 valence electrons. The largest absolute Gasteiger partial charge is 0.334 e. The van der Waals surface area contributed by atoms with E-state index in [1.54, 1.807) is 23.4 Å². The molecule has 0 unspecified atom stereocenters. The molecule has 2 aromatic heterocycles. The van der Waals surface area contributed by atoms with Crippen LogP contribution in [0.4, 0.5) is 8.78 Å². The molecule has 0 saturated carbocycles. The fraction of sp³-hybridized carbons (Fsp3) is 0.211. The number of pyridine rings is 1. The smallest absolute Gasteiger partial charge is 0.255 e. The zero-order valence-corrected chi connectivity index (χ0v) is 14.1. The Morgan fingerprint density at radius 1 is 1.23 bits per heavy atom. The molecule has 1 aromatic carbocycles. The number of H-pyrrole nitrogens is 1. The van der Waals surface area contributed by atoms with E-state index in [2.05, 4.69) is 15.2 Å². The Morgan fingerprint density at radius 3 is 2.85 bits per heavy atom. The summed E-state index contributed by atoms with van der Waals surface area (Å²) < 4.78 is 27.4. The molecule has 1 aliphatic heterocycles. The van der Waals surface area contributed by atoms with Crippen LogP contribution in [0.1, 0.15) is 27.2 Å². The van der Waals surface area contributed by atoms with Gasteiger partial charge >= 0.3 is 0 Å². The van der Waals surface area contributed by atoms with Crippen LogP contribution in [0, 0.1) is 18.6 Å². The molecular weight excluding hydrogens is 338 g/mol. The lowest BCUT2D eigenvalue weighted by atomic mass is 10.00. The summed E-state index contributed by atoms with van der Waals surface area (Å²) in [6.45, 7) is 2.72. The Morgan fingerprint density at radius 2 is 2.08 bits per heavy atom. The number of hydrogen-bond acceptors (Lipinski definition) is 3. The van der Waals surface area contributed by atoms with Gasteiger partial charge in [0.05, 0.1) is 5.56 Å². The van der Waals surface area contributed by atoms with E-state index >= 15 is 0 Å². The van der Waals surface area contributed by atoms with Gasteiger partial charge in [0.1, 0.15) is 17.3 Å². The minimum atomic E-state index is -0.675. The van der Waals surface area contributed by atoms with E-state index in [0.29, 0.717) is 30.8 Å². The molecule has 5 nitrogen and oxygen atoms in total. The Hall–Kier alpha value is -3.09. The third kappa shape index (κ3) is 2.85. The number of benzene rings is 1. The minimum absolute atomic E-state index is 0.126. The number of amides is 1. The number of halogens is 2. The van der Waals surface area contributed by atoms with Gasteiger partial charge < -0.3 is 4.90 Å². The highest BCUT2D eigenvalue weighted by atomic mass is 19.1. The number of carbonyl (C=O) groups excluding carboxylic acids is 1. The highest BCUT2D eigenvalue weighted by molar-refractivity contribution is 5.94. The van der Waals surface area contributed by atoms with Crippen LogP contribution in [0.25, 0.3) is 11.3 Å². The van der Waals surface area contributed by atoms with E-state index in [4.69, 9.17) is 0 Å². The van der Waals surface area contributed by atoms with Gasteiger partial charge in [-0.05, 0) is 30.7 Å². The van der Waals surface area contributed by atoms with E-state index in [0.717, 1.165) is 22.9 Å². The highest BCUT2D eigenvalue weighted by Gasteiger charge is 2.27. The van der Waals surface area contributed by atoms with E-state index in [1.165, 1.54) is 12.1 Å². The third-order valence-electron chi connectivity index (χ3n) is 4.53. The molecule has 0 fully saturated rings. The topological polar surface area (TPSA) is 61.9 Å². The molecule has 1 N–H and O–H groups in total. The fourth-order valence-corrected chi connectivity index (χ4v) is 3.23. The lowest BCUT2D eigenvalue weighted by Crippen LogP contribution is -2.36. The summed E-state index contributed by atoms with van der Waals surface area (Å²) in [6.07, 6.45) is 3.83.